The van der Waals surface area contributed by atoms with Crippen LogP contribution in [0.3, 0.4) is 0 Å². The van der Waals surface area contributed by atoms with Crippen LogP contribution in [0.15, 0.2) is 16.8 Å². The molecular weight excluding hydrogens is 258 g/mol. The first-order valence-electron chi connectivity index (χ1n) is 7.24. The summed E-state index contributed by atoms with van der Waals surface area (Å²) in [5.41, 5.74) is 0. The Balaban J connectivity index is 1.60. The summed E-state index contributed by atoms with van der Waals surface area (Å²) in [5.74, 6) is 0.541. The zero-order chi connectivity index (χ0) is 13.9. The van der Waals surface area contributed by atoms with Crippen LogP contribution in [0, 0.1) is 0 Å². The molecule has 3 rings (SSSR count). The molecule has 1 aliphatic heterocycles. The number of likely N-dealkylation sites (tertiary alicyclic amines) is 1. The van der Waals surface area contributed by atoms with Gasteiger partial charge in [-0.15, -0.1) is 0 Å². The molecule has 1 saturated heterocycles. The molecule has 0 spiro atoms. The second-order valence-corrected chi connectivity index (χ2v) is 5.51. The van der Waals surface area contributed by atoms with Crippen LogP contribution >= 0.6 is 0 Å². The Morgan fingerprint density at radius 3 is 2.80 bits per heavy atom. The zero-order valence-electron chi connectivity index (χ0n) is 11.4. The summed E-state index contributed by atoms with van der Waals surface area (Å²) in [6.07, 6.45) is 7.14. The minimum Gasteiger partial charge on any atom is -0.360 e. The van der Waals surface area contributed by atoms with E-state index in [1.54, 1.807) is 12.3 Å². The van der Waals surface area contributed by atoms with E-state index in [-0.39, 0.29) is 24.3 Å². The fourth-order valence-electron chi connectivity index (χ4n) is 3.09. The molecule has 108 valence electrons. The number of carbonyl (C=O) groups is 2. The molecular formula is C14H19N3O3. The fraction of sp³-hybridized carbons (Fsp3) is 0.643. The van der Waals surface area contributed by atoms with Crippen LogP contribution in [0.1, 0.15) is 44.3 Å². The van der Waals surface area contributed by atoms with E-state index in [4.69, 9.17) is 4.52 Å². The number of hydrogen-bond acceptors (Lipinski definition) is 5. The van der Waals surface area contributed by atoms with Crippen molar-refractivity contribution in [2.45, 2.75) is 57.2 Å². The molecule has 1 unspecified atom stereocenters. The molecule has 1 aromatic heterocycles. The lowest BCUT2D eigenvalue weighted by Gasteiger charge is -2.29. The lowest BCUT2D eigenvalue weighted by atomic mass is 9.94. The third-order valence-corrected chi connectivity index (χ3v) is 4.14. The van der Waals surface area contributed by atoms with Crippen LogP contribution < -0.4 is 5.32 Å². The third-order valence-electron chi connectivity index (χ3n) is 4.14. The van der Waals surface area contributed by atoms with Crippen molar-refractivity contribution in [3.8, 4) is 0 Å². The van der Waals surface area contributed by atoms with Gasteiger partial charge < -0.3 is 4.52 Å². The fourth-order valence-corrected chi connectivity index (χ4v) is 3.09. The normalized spacial score (nSPS) is 24.6. The van der Waals surface area contributed by atoms with Crippen molar-refractivity contribution in [3.63, 3.8) is 0 Å². The van der Waals surface area contributed by atoms with Crippen LogP contribution in [0.2, 0.25) is 0 Å². The summed E-state index contributed by atoms with van der Waals surface area (Å²) in [5, 5.41) is 6.70. The van der Waals surface area contributed by atoms with Crippen molar-refractivity contribution in [1.82, 2.24) is 15.4 Å². The number of imide groups is 1. The first-order chi connectivity index (χ1) is 9.75. The monoisotopic (exact) mass is 277 g/mol. The van der Waals surface area contributed by atoms with Gasteiger partial charge in [0.25, 0.3) is 0 Å². The van der Waals surface area contributed by atoms with Gasteiger partial charge >= 0.3 is 0 Å². The third kappa shape index (κ3) is 2.60. The molecule has 0 aromatic carbocycles. The molecule has 2 fully saturated rings. The van der Waals surface area contributed by atoms with Crippen LogP contribution in [0.5, 0.6) is 0 Å². The molecule has 6 heteroatoms. The van der Waals surface area contributed by atoms with Crippen LogP contribution in [0.4, 0.5) is 0 Å². The second-order valence-electron chi connectivity index (χ2n) is 5.51. The standard InChI is InChI=1S/C14H19N3O3/c18-13-8-12(15-9-11-6-7-16-20-11)14(19)17(13)10-4-2-1-3-5-10/h6-7,10,12,15H,1-5,8-9H2. The number of rotatable bonds is 4. The number of carbonyl (C=O) groups excluding carboxylic acids is 2. The molecule has 2 heterocycles. The largest absolute Gasteiger partial charge is 0.360 e. The van der Waals surface area contributed by atoms with Crippen molar-refractivity contribution in [1.29, 1.82) is 0 Å². The van der Waals surface area contributed by atoms with Crippen molar-refractivity contribution < 1.29 is 14.1 Å². The molecule has 0 bridgehead atoms. The highest BCUT2D eigenvalue weighted by atomic mass is 16.5. The Morgan fingerprint density at radius 2 is 2.10 bits per heavy atom. The molecule has 20 heavy (non-hydrogen) atoms. The molecule has 1 aliphatic carbocycles. The molecule has 0 radical (unpaired) electrons. The van der Waals surface area contributed by atoms with Crippen molar-refractivity contribution in [2.24, 2.45) is 0 Å². The molecule has 6 nitrogen and oxygen atoms in total. The first kappa shape index (κ1) is 13.3. The quantitative estimate of drug-likeness (QED) is 0.838. The molecule has 1 atom stereocenters. The predicted molar refractivity (Wildman–Crippen MR) is 70.5 cm³/mol. The highest BCUT2D eigenvalue weighted by molar-refractivity contribution is 6.05. The Hall–Kier alpha value is -1.69. The number of amides is 2. The van der Waals surface area contributed by atoms with E-state index in [1.165, 1.54) is 11.3 Å². The van der Waals surface area contributed by atoms with Gasteiger partial charge in [-0.3, -0.25) is 19.8 Å². The second kappa shape index (κ2) is 5.75. The Kier molecular flexibility index (Phi) is 3.82. The maximum Gasteiger partial charge on any atom is 0.247 e. The minimum absolute atomic E-state index is 0.0445. The summed E-state index contributed by atoms with van der Waals surface area (Å²) >= 11 is 0. The Labute approximate surface area is 117 Å². The Bertz CT molecular complexity index is 480. The van der Waals surface area contributed by atoms with Gasteiger partial charge in [0, 0.05) is 12.1 Å². The average Bonchev–Trinajstić information content (AvgIpc) is 3.06. The maximum absolute atomic E-state index is 12.4. The van der Waals surface area contributed by atoms with Gasteiger partial charge in [-0.05, 0) is 12.8 Å². The van der Waals surface area contributed by atoms with E-state index in [1.807, 2.05) is 0 Å². The Morgan fingerprint density at radius 1 is 1.30 bits per heavy atom. The van der Waals surface area contributed by atoms with Gasteiger partial charge in [-0.1, -0.05) is 24.4 Å². The number of aromatic nitrogens is 1. The molecule has 2 amide bonds. The van der Waals surface area contributed by atoms with E-state index in [9.17, 15) is 9.59 Å². The van der Waals surface area contributed by atoms with Gasteiger partial charge in [-0.2, -0.15) is 0 Å². The smallest absolute Gasteiger partial charge is 0.247 e. The minimum atomic E-state index is -0.422. The van der Waals surface area contributed by atoms with Gasteiger partial charge in [0.05, 0.1) is 25.2 Å². The first-order valence-corrected chi connectivity index (χ1v) is 7.24. The van der Waals surface area contributed by atoms with Gasteiger partial charge in [0.2, 0.25) is 11.8 Å². The summed E-state index contributed by atoms with van der Waals surface area (Å²) in [6.45, 7) is 0.419. The molecule has 1 N–H and O–H groups in total. The van der Waals surface area contributed by atoms with E-state index >= 15 is 0 Å². The van der Waals surface area contributed by atoms with Gasteiger partial charge in [0.15, 0.2) is 0 Å². The van der Waals surface area contributed by atoms with Gasteiger partial charge in [-0.25, -0.2) is 0 Å². The maximum atomic E-state index is 12.4. The number of nitrogens with zero attached hydrogens (tertiary/aromatic N) is 2. The van der Waals surface area contributed by atoms with Crippen LogP contribution in [-0.2, 0) is 16.1 Å². The highest BCUT2D eigenvalue weighted by Gasteiger charge is 2.42. The lowest BCUT2D eigenvalue weighted by Crippen LogP contribution is -2.44. The summed E-state index contributed by atoms with van der Waals surface area (Å²) < 4.78 is 4.98. The van der Waals surface area contributed by atoms with E-state index in [0.29, 0.717) is 12.3 Å². The average molecular weight is 277 g/mol. The van der Waals surface area contributed by atoms with E-state index < -0.39 is 6.04 Å². The molecule has 2 aliphatic rings. The van der Waals surface area contributed by atoms with E-state index in [2.05, 4.69) is 10.5 Å². The number of nitrogens with one attached hydrogen (secondary N) is 1. The van der Waals surface area contributed by atoms with Crippen LogP contribution in [-0.4, -0.2) is 34.0 Å². The summed E-state index contributed by atoms with van der Waals surface area (Å²) in [7, 11) is 0. The highest BCUT2D eigenvalue weighted by Crippen LogP contribution is 2.27. The zero-order valence-corrected chi connectivity index (χ0v) is 11.4. The number of hydrogen-bond donors (Lipinski definition) is 1. The predicted octanol–water partition coefficient (Wildman–Crippen LogP) is 1.22. The van der Waals surface area contributed by atoms with Gasteiger partial charge in [0.1, 0.15) is 5.76 Å². The van der Waals surface area contributed by atoms with Crippen molar-refractivity contribution >= 4 is 11.8 Å². The summed E-state index contributed by atoms with van der Waals surface area (Å²) in [4.78, 5) is 26.0. The molecule has 1 aromatic rings. The topological polar surface area (TPSA) is 75.4 Å². The molecule has 1 saturated carbocycles. The summed E-state index contributed by atoms with van der Waals surface area (Å²) in [6, 6.07) is 1.43. The van der Waals surface area contributed by atoms with Crippen molar-refractivity contribution in [2.75, 3.05) is 0 Å². The lowest BCUT2D eigenvalue weighted by molar-refractivity contribution is -0.142. The van der Waals surface area contributed by atoms with E-state index in [0.717, 1.165) is 25.7 Å². The SMILES string of the molecule is O=C1CC(NCc2ccno2)C(=O)N1C1CCCCC1. The van der Waals surface area contributed by atoms with Crippen molar-refractivity contribution in [3.05, 3.63) is 18.0 Å². The van der Waals surface area contributed by atoms with Crippen LogP contribution in [0.25, 0.3) is 0 Å².